The molecule has 2 aromatic rings. The highest BCUT2D eigenvalue weighted by Crippen LogP contribution is 2.17. The molecule has 0 aliphatic carbocycles. The van der Waals surface area contributed by atoms with E-state index in [0.717, 1.165) is 0 Å². The van der Waals surface area contributed by atoms with E-state index in [9.17, 15) is 9.90 Å². The molecule has 78 valence electrons. The SMILES string of the molecule is N#C/C=C/c1coc2cc(O)ccc2c1=O. The molecule has 1 aromatic carbocycles. The van der Waals surface area contributed by atoms with Crippen LogP contribution < -0.4 is 5.43 Å². The number of hydrogen-bond donors (Lipinski definition) is 1. The number of rotatable bonds is 1. The Morgan fingerprint density at radius 2 is 2.25 bits per heavy atom. The van der Waals surface area contributed by atoms with Gasteiger partial charge in [0.15, 0.2) is 5.43 Å². The second-order valence-corrected chi connectivity index (χ2v) is 3.16. The Morgan fingerprint density at radius 1 is 1.44 bits per heavy atom. The Kier molecular flexibility index (Phi) is 2.44. The smallest absolute Gasteiger partial charge is 0.199 e. The predicted octanol–water partition coefficient (Wildman–Crippen LogP) is 2.04. The van der Waals surface area contributed by atoms with Crippen LogP contribution in [0.5, 0.6) is 5.75 Å². The van der Waals surface area contributed by atoms with Crippen molar-refractivity contribution < 1.29 is 9.52 Å². The summed E-state index contributed by atoms with van der Waals surface area (Å²) in [5, 5.41) is 18.0. The van der Waals surface area contributed by atoms with E-state index in [-0.39, 0.29) is 11.2 Å². The van der Waals surface area contributed by atoms with E-state index in [1.54, 1.807) is 6.07 Å². The van der Waals surface area contributed by atoms with Crippen LogP contribution in [0.3, 0.4) is 0 Å². The zero-order chi connectivity index (χ0) is 11.5. The molecule has 2 rings (SSSR count). The van der Waals surface area contributed by atoms with Crippen molar-refractivity contribution in [3.63, 3.8) is 0 Å². The van der Waals surface area contributed by atoms with Crippen LogP contribution in [0.25, 0.3) is 17.0 Å². The first-order valence-electron chi connectivity index (χ1n) is 4.53. The van der Waals surface area contributed by atoms with E-state index in [0.29, 0.717) is 16.5 Å². The molecule has 0 unspecified atom stereocenters. The molecule has 1 aromatic heterocycles. The van der Waals surface area contributed by atoms with Gasteiger partial charge in [0, 0.05) is 12.1 Å². The van der Waals surface area contributed by atoms with Crippen molar-refractivity contribution in [2.75, 3.05) is 0 Å². The van der Waals surface area contributed by atoms with E-state index < -0.39 is 0 Å². The van der Waals surface area contributed by atoms with Gasteiger partial charge >= 0.3 is 0 Å². The summed E-state index contributed by atoms with van der Waals surface area (Å²) >= 11 is 0. The van der Waals surface area contributed by atoms with Crippen molar-refractivity contribution in [1.82, 2.24) is 0 Å². The van der Waals surface area contributed by atoms with Gasteiger partial charge in [0.05, 0.1) is 17.0 Å². The third-order valence-electron chi connectivity index (χ3n) is 2.12. The lowest BCUT2D eigenvalue weighted by atomic mass is 10.1. The number of phenolic OH excluding ortho intramolecular Hbond substituents is 1. The normalized spacial score (nSPS) is 10.7. The molecular weight excluding hydrogens is 206 g/mol. The van der Waals surface area contributed by atoms with Crippen molar-refractivity contribution >= 4 is 17.0 Å². The molecule has 0 fully saturated rings. The van der Waals surface area contributed by atoms with E-state index >= 15 is 0 Å². The first-order chi connectivity index (χ1) is 7.72. The van der Waals surface area contributed by atoms with Crippen LogP contribution in [-0.2, 0) is 0 Å². The predicted molar refractivity (Wildman–Crippen MR) is 58.8 cm³/mol. The number of nitrogens with zero attached hydrogens (tertiary/aromatic N) is 1. The molecule has 4 heteroatoms. The van der Waals surface area contributed by atoms with Gasteiger partial charge in [-0.25, -0.2) is 0 Å². The summed E-state index contributed by atoms with van der Waals surface area (Å²) in [4.78, 5) is 11.8. The van der Waals surface area contributed by atoms with E-state index in [1.165, 1.54) is 36.6 Å². The van der Waals surface area contributed by atoms with Gasteiger partial charge in [-0.1, -0.05) is 0 Å². The van der Waals surface area contributed by atoms with Crippen molar-refractivity contribution in [2.45, 2.75) is 0 Å². The number of nitriles is 1. The lowest BCUT2D eigenvalue weighted by molar-refractivity contribution is 0.474. The Bertz CT molecular complexity index is 662. The van der Waals surface area contributed by atoms with Gasteiger partial charge in [-0.05, 0) is 18.2 Å². The largest absolute Gasteiger partial charge is 0.508 e. The lowest BCUT2D eigenvalue weighted by Gasteiger charge is -1.98. The highest BCUT2D eigenvalue weighted by Gasteiger charge is 2.04. The molecule has 16 heavy (non-hydrogen) atoms. The maximum atomic E-state index is 11.8. The fraction of sp³-hybridized carbons (Fsp3) is 0. The summed E-state index contributed by atoms with van der Waals surface area (Å²) in [6.45, 7) is 0. The molecule has 0 amide bonds. The van der Waals surface area contributed by atoms with Crippen molar-refractivity contribution in [3.05, 3.63) is 46.3 Å². The van der Waals surface area contributed by atoms with E-state index in [1.807, 2.05) is 0 Å². The molecule has 0 radical (unpaired) electrons. The van der Waals surface area contributed by atoms with Gasteiger partial charge in [-0.15, -0.1) is 0 Å². The molecule has 4 nitrogen and oxygen atoms in total. The lowest BCUT2D eigenvalue weighted by Crippen LogP contribution is -2.04. The summed E-state index contributed by atoms with van der Waals surface area (Å²) in [5.74, 6) is 0.0379. The Labute approximate surface area is 90.7 Å². The molecule has 0 saturated heterocycles. The fourth-order valence-electron chi connectivity index (χ4n) is 1.37. The molecular formula is C12H7NO3. The maximum Gasteiger partial charge on any atom is 0.199 e. The van der Waals surface area contributed by atoms with Gasteiger partial charge in [0.2, 0.25) is 0 Å². The standard InChI is InChI=1S/C12H7NO3/c13-5-1-2-8-7-16-11-6-9(14)3-4-10(11)12(8)15/h1-4,6-7,14H/b2-1+. The molecule has 1 heterocycles. The molecule has 0 bridgehead atoms. The summed E-state index contributed by atoms with van der Waals surface area (Å²) in [5.41, 5.74) is 0.395. The average molecular weight is 213 g/mol. The minimum absolute atomic E-state index is 0.0379. The van der Waals surface area contributed by atoms with E-state index in [4.69, 9.17) is 9.68 Å². The quantitative estimate of drug-likeness (QED) is 0.735. The van der Waals surface area contributed by atoms with Gasteiger partial charge in [0.25, 0.3) is 0 Å². The van der Waals surface area contributed by atoms with Crippen LogP contribution in [0.4, 0.5) is 0 Å². The van der Waals surface area contributed by atoms with Crippen LogP contribution in [0.1, 0.15) is 5.56 Å². The number of hydrogen-bond acceptors (Lipinski definition) is 4. The van der Waals surface area contributed by atoms with Crippen LogP contribution in [-0.4, -0.2) is 5.11 Å². The zero-order valence-corrected chi connectivity index (χ0v) is 8.18. The average Bonchev–Trinajstić information content (AvgIpc) is 2.28. The Balaban J connectivity index is 2.72. The van der Waals surface area contributed by atoms with Crippen LogP contribution in [0.2, 0.25) is 0 Å². The summed E-state index contributed by atoms with van der Waals surface area (Å²) in [7, 11) is 0. The summed E-state index contributed by atoms with van der Waals surface area (Å²) < 4.78 is 5.18. The van der Waals surface area contributed by atoms with Crippen LogP contribution in [0.15, 0.2) is 39.7 Å². The number of benzene rings is 1. The first kappa shape index (κ1) is 9.99. The fourth-order valence-corrected chi connectivity index (χ4v) is 1.37. The molecule has 0 aliphatic heterocycles. The van der Waals surface area contributed by atoms with Gasteiger partial charge in [0.1, 0.15) is 17.6 Å². The number of allylic oxidation sites excluding steroid dienone is 1. The molecule has 0 saturated carbocycles. The third-order valence-corrected chi connectivity index (χ3v) is 2.12. The second kappa shape index (κ2) is 3.91. The molecule has 0 aliphatic rings. The highest BCUT2D eigenvalue weighted by molar-refractivity contribution is 5.79. The van der Waals surface area contributed by atoms with Crippen molar-refractivity contribution in [3.8, 4) is 11.8 Å². The third kappa shape index (κ3) is 1.66. The Morgan fingerprint density at radius 3 is 3.00 bits per heavy atom. The van der Waals surface area contributed by atoms with Gasteiger partial charge in [-0.2, -0.15) is 5.26 Å². The summed E-state index contributed by atoms with van der Waals surface area (Å²) in [6.07, 6.45) is 3.86. The van der Waals surface area contributed by atoms with Crippen molar-refractivity contribution in [2.24, 2.45) is 0 Å². The summed E-state index contributed by atoms with van der Waals surface area (Å²) in [6, 6.07) is 6.07. The monoisotopic (exact) mass is 213 g/mol. The number of phenols is 1. The van der Waals surface area contributed by atoms with E-state index in [2.05, 4.69) is 0 Å². The highest BCUT2D eigenvalue weighted by atomic mass is 16.3. The minimum atomic E-state index is -0.229. The second-order valence-electron chi connectivity index (χ2n) is 3.16. The number of aromatic hydroxyl groups is 1. The molecule has 0 spiro atoms. The Hall–Kier alpha value is -2.54. The molecule has 0 atom stereocenters. The molecule has 1 N–H and O–H groups in total. The van der Waals surface area contributed by atoms with Crippen LogP contribution >= 0.6 is 0 Å². The van der Waals surface area contributed by atoms with Gasteiger partial charge in [-0.3, -0.25) is 4.79 Å². The zero-order valence-electron chi connectivity index (χ0n) is 8.18. The van der Waals surface area contributed by atoms with Gasteiger partial charge < -0.3 is 9.52 Å². The van der Waals surface area contributed by atoms with Crippen LogP contribution in [0, 0.1) is 11.3 Å². The maximum absolute atomic E-state index is 11.8. The van der Waals surface area contributed by atoms with Crippen molar-refractivity contribution in [1.29, 1.82) is 5.26 Å². The first-order valence-corrected chi connectivity index (χ1v) is 4.53. The minimum Gasteiger partial charge on any atom is -0.508 e. The topological polar surface area (TPSA) is 74.2 Å². The number of fused-ring (bicyclic) bond motifs is 1.